The van der Waals surface area contributed by atoms with Crippen LogP contribution < -0.4 is 5.32 Å². The zero-order valence-electron chi connectivity index (χ0n) is 8.98. The molecule has 1 rings (SSSR count). The molecule has 1 atom stereocenters. The third-order valence-corrected chi connectivity index (χ3v) is 2.40. The fourth-order valence-electron chi connectivity index (χ4n) is 1.05. The number of aliphatic hydroxyl groups excluding tert-OH is 1. The van der Waals surface area contributed by atoms with Crippen molar-refractivity contribution in [1.82, 2.24) is 5.32 Å². The van der Waals surface area contributed by atoms with Crippen molar-refractivity contribution in [2.24, 2.45) is 0 Å². The van der Waals surface area contributed by atoms with Crippen LogP contribution in [0.25, 0.3) is 6.08 Å². The van der Waals surface area contributed by atoms with Gasteiger partial charge in [0.25, 0.3) is 0 Å². The topological polar surface area (TPSA) is 49.3 Å². The van der Waals surface area contributed by atoms with Gasteiger partial charge in [-0.15, -0.1) is 0 Å². The smallest absolute Gasteiger partial charge is 0.244 e. The van der Waals surface area contributed by atoms with Crippen LogP contribution in [0, 0.1) is 0 Å². The van der Waals surface area contributed by atoms with Gasteiger partial charge in [0, 0.05) is 17.1 Å². The first-order chi connectivity index (χ1) is 7.58. The molecule has 0 radical (unpaired) electrons. The second-order valence-corrected chi connectivity index (χ2v) is 4.39. The standard InChI is InChI=1S/C12H14BrNO2/c1-9(15)8-14-12(16)7-4-10-2-5-11(13)6-3-10/h2-7,9,15H,8H2,1H3,(H,14,16)/b7-4+/t9-/m1/s1. The molecule has 1 amide bonds. The van der Waals surface area contributed by atoms with Crippen molar-refractivity contribution >= 4 is 27.9 Å². The fourth-order valence-corrected chi connectivity index (χ4v) is 1.32. The van der Waals surface area contributed by atoms with E-state index in [9.17, 15) is 4.79 Å². The Balaban J connectivity index is 2.47. The van der Waals surface area contributed by atoms with Crippen molar-refractivity contribution in [3.63, 3.8) is 0 Å². The number of hydrogen-bond donors (Lipinski definition) is 2. The number of hydrogen-bond acceptors (Lipinski definition) is 2. The van der Waals surface area contributed by atoms with E-state index in [1.54, 1.807) is 13.0 Å². The van der Waals surface area contributed by atoms with Crippen molar-refractivity contribution in [3.8, 4) is 0 Å². The minimum atomic E-state index is -0.523. The van der Waals surface area contributed by atoms with Crippen molar-refractivity contribution < 1.29 is 9.90 Å². The summed E-state index contributed by atoms with van der Waals surface area (Å²) < 4.78 is 1.00. The van der Waals surface area contributed by atoms with E-state index in [0.29, 0.717) is 0 Å². The Labute approximate surface area is 103 Å². The van der Waals surface area contributed by atoms with Gasteiger partial charge in [0.15, 0.2) is 0 Å². The lowest BCUT2D eigenvalue weighted by Gasteiger charge is -2.03. The third kappa shape index (κ3) is 5.09. The molecule has 1 aromatic rings. The molecule has 3 nitrogen and oxygen atoms in total. The van der Waals surface area contributed by atoms with Crippen LogP contribution in [0.3, 0.4) is 0 Å². The highest BCUT2D eigenvalue weighted by molar-refractivity contribution is 9.10. The molecule has 0 saturated carbocycles. The first-order valence-corrected chi connectivity index (χ1v) is 5.77. The maximum Gasteiger partial charge on any atom is 0.244 e. The average Bonchev–Trinajstić information content (AvgIpc) is 2.25. The average molecular weight is 284 g/mol. The minimum Gasteiger partial charge on any atom is -0.392 e. The van der Waals surface area contributed by atoms with E-state index >= 15 is 0 Å². The molecule has 0 spiro atoms. The van der Waals surface area contributed by atoms with Gasteiger partial charge >= 0.3 is 0 Å². The van der Waals surface area contributed by atoms with Crippen LogP contribution in [0.15, 0.2) is 34.8 Å². The Morgan fingerprint density at radius 3 is 2.69 bits per heavy atom. The molecular weight excluding hydrogens is 270 g/mol. The van der Waals surface area contributed by atoms with Gasteiger partial charge in [0.2, 0.25) is 5.91 Å². The number of benzene rings is 1. The Bertz CT molecular complexity index is 371. The summed E-state index contributed by atoms with van der Waals surface area (Å²) in [6.07, 6.45) is 2.65. The molecule has 0 fully saturated rings. The Morgan fingerprint density at radius 1 is 1.50 bits per heavy atom. The molecule has 0 bridgehead atoms. The van der Waals surface area contributed by atoms with Crippen molar-refractivity contribution in [1.29, 1.82) is 0 Å². The molecule has 0 heterocycles. The lowest BCUT2D eigenvalue weighted by molar-refractivity contribution is -0.116. The third-order valence-electron chi connectivity index (χ3n) is 1.87. The van der Waals surface area contributed by atoms with Gasteiger partial charge in [-0.2, -0.15) is 0 Å². The number of carbonyl (C=O) groups is 1. The number of carbonyl (C=O) groups excluding carboxylic acids is 1. The lowest BCUT2D eigenvalue weighted by atomic mass is 10.2. The van der Waals surface area contributed by atoms with Crippen LogP contribution in [0.2, 0.25) is 0 Å². The first kappa shape index (κ1) is 12.9. The summed E-state index contributed by atoms with van der Waals surface area (Å²) in [6.45, 7) is 1.89. The Morgan fingerprint density at radius 2 is 2.12 bits per heavy atom. The van der Waals surface area contributed by atoms with Crippen LogP contribution in [0.4, 0.5) is 0 Å². The van der Waals surface area contributed by atoms with E-state index in [4.69, 9.17) is 5.11 Å². The van der Waals surface area contributed by atoms with Gasteiger partial charge in [0.1, 0.15) is 0 Å². The monoisotopic (exact) mass is 283 g/mol. The highest BCUT2D eigenvalue weighted by Crippen LogP contribution is 2.11. The Kier molecular flexibility index (Phi) is 5.22. The second kappa shape index (κ2) is 6.45. The zero-order chi connectivity index (χ0) is 12.0. The number of amides is 1. The number of nitrogens with one attached hydrogen (secondary N) is 1. The molecule has 16 heavy (non-hydrogen) atoms. The number of halogens is 1. The highest BCUT2D eigenvalue weighted by atomic mass is 79.9. The summed E-state index contributed by atoms with van der Waals surface area (Å²) in [5.41, 5.74) is 0.954. The molecule has 2 N–H and O–H groups in total. The molecular formula is C12H14BrNO2. The van der Waals surface area contributed by atoms with Crippen LogP contribution in [0.5, 0.6) is 0 Å². The summed E-state index contributed by atoms with van der Waals surface area (Å²) in [4.78, 5) is 11.3. The molecule has 0 aliphatic carbocycles. The number of aliphatic hydroxyl groups is 1. The summed E-state index contributed by atoms with van der Waals surface area (Å²) in [6, 6.07) is 7.63. The second-order valence-electron chi connectivity index (χ2n) is 3.48. The quantitative estimate of drug-likeness (QED) is 0.830. The highest BCUT2D eigenvalue weighted by Gasteiger charge is 1.98. The first-order valence-electron chi connectivity index (χ1n) is 4.97. The predicted octanol–water partition coefficient (Wildman–Crippen LogP) is 1.96. The van der Waals surface area contributed by atoms with Gasteiger partial charge in [-0.3, -0.25) is 4.79 Å². The van der Waals surface area contributed by atoms with Crippen LogP contribution >= 0.6 is 15.9 Å². The Hall–Kier alpha value is -1.13. The largest absolute Gasteiger partial charge is 0.392 e. The summed E-state index contributed by atoms with van der Waals surface area (Å²) in [5, 5.41) is 11.6. The van der Waals surface area contributed by atoms with Gasteiger partial charge in [0.05, 0.1) is 6.10 Å². The molecule has 0 aliphatic heterocycles. The molecule has 0 unspecified atom stereocenters. The number of rotatable bonds is 4. The predicted molar refractivity (Wildman–Crippen MR) is 67.9 cm³/mol. The molecule has 0 aromatic heterocycles. The molecule has 86 valence electrons. The molecule has 0 saturated heterocycles. The van der Waals surface area contributed by atoms with Crippen molar-refractivity contribution in [2.45, 2.75) is 13.0 Å². The molecule has 4 heteroatoms. The maximum atomic E-state index is 11.3. The zero-order valence-corrected chi connectivity index (χ0v) is 10.6. The normalized spacial score (nSPS) is 12.7. The van der Waals surface area contributed by atoms with Gasteiger partial charge in [-0.05, 0) is 30.7 Å². The van der Waals surface area contributed by atoms with Gasteiger partial charge < -0.3 is 10.4 Å². The van der Waals surface area contributed by atoms with E-state index in [-0.39, 0.29) is 12.5 Å². The van der Waals surface area contributed by atoms with E-state index < -0.39 is 6.10 Å². The van der Waals surface area contributed by atoms with Crippen molar-refractivity contribution in [2.75, 3.05) is 6.54 Å². The van der Waals surface area contributed by atoms with Crippen LogP contribution in [-0.2, 0) is 4.79 Å². The van der Waals surface area contributed by atoms with E-state index in [2.05, 4.69) is 21.2 Å². The van der Waals surface area contributed by atoms with Crippen LogP contribution in [-0.4, -0.2) is 23.7 Å². The minimum absolute atomic E-state index is 0.205. The molecule has 1 aromatic carbocycles. The van der Waals surface area contributed by atoms with Gasteiger partial charge in [-0.25, -0.2) is 0 Å². The maximum absolute atomic E-state index is 11.3. The van der Waals surface area contributed by atoms with E-state index in [1.165, 1.54) is 6.08 Å². The van der Waals surface area contributed by atoms with Crippen LogP contribution in [0.1, 0.15) is 12.5 Å². The molecule has 0 aliphatic rings. The summed E-state index contributed by atoms with van der Waals surface area (Å²) in [7, 11) is 0. The van der Waals surface area contributed by atoms with E-state index in [0.717, 1.165) is 10.0 Å². The summed E-state index contributed by atoms with van der Waals surface area (Å²) in [5.74, 6) is -0.205. The lowest BCUT2D eigenvalue weighted by Crippen LogP contribution is -2.28. The summed E-state index contributed by atoms with van der Waals surface area (Å²) >= 11 is 3.34. The SMILES string of the molecule is C[C@@H](O)CNC(=O)/C=C/c1ccc(Br)cc1. The van der Waals surface area contributed by atoms with Gasteiger partial charge in [-0.1, -0.05) is 28.1 Å². The van der Waals surface area contributed by atoms with E-state index in [1.807, 2.05) is 24.3 Å². The fraction of sp³-hybridized carbons (Fsp3) is 0.250. The van der Waals surface area contributed by atoms with Crippen molar-refractivity contribution in [3.05, 3.63) is 40.4 Å².